The maximum absolute atomic E-state index is 12.8. The molecule has 0 aliphatic carbocycles. The van der Waals surface area contributed by atoms with Gasteiger partial charge in [0, 0.05) is 16.3 Å². The topological polar surface area (TPSA) is 91.7 Å². The number of furan rings is 1. The van der Waals surface area contributed by atoms with Crippen LogP contribution in [0, 0.1) is 0 Å². The van der Waals surface area contributed by atoms with Crippen molar-refractivity contribution in [2.24, 2.45) is 0 Å². The molecular weight excluding hydrogens is 441 g/mol. The first-order valence-corrected chi connectivity index (χ1v) is 9.91. The second kappa shape index (κ2) is 8.67. The summed E-state index contributed by atoms with van der Waals surface area (Å²) in [6, 6.07) is 16.2. The first-order valence-electron chi connectivity index (χ1n) is 9.16. The van der Waals surface area contributed by atoms with E-state index in [-0.39, 0.29) is 23.2 Å². The molecule has 0 saturated carbocycles. The SMILES string of the molecule is O=C(NCc1ccco1)c1cccc(NC2=C(Cl)C(=O)N(c3ccc(Cl)cc3)C2=O)c1. The van der Waals surface area contributed by atoms with Crippen molar-refractivity contribution < 1.29 is 18.8 Å². The monoisotopic (exact) mass is 455 g/mol. The minimum atomic E-state index is -0.649. The fraction of sp³-hybridized carbons (Fsp3) is 0.0455. The van der Waals surface area contributed by atoms with E-state index in [4.69, 9.17) is 27.6 Å². The van der Waals surface area contributed by atoms with Crippen molar-refractivity contribution >= 4 is 52.3 Å². The lowest BCUT2D eigenvalue weighted by Crippen LogP contribution is -2.32. The third-order valence-electron chi connectivity index (χ3n) is 4.51. The van der Waals surface area contributed by atoms with Gasteiger partial charge in [0.25, 0.3) is 17.7 Å². The van der Waals surface area contributed by atoms with Crippen LogP contribution >= 0.6 is 23.2 Å². The van der Waals surface area contributed by atoms with Crippen LogP contribution in [0.3, 0.4) is 0 Å². The van der Waals surface area contributed by atoms with Crippen LogP contribution in [0.2, 0.25) is 5.02 Å². The number of amides is 3. The van der Waals surface area contributed by atoms with Crippen molar-refractivity contribution in [1.82, 2.24) is 5.32 Å². The number of anilines is 2. The number of benzene rings is 2. The summed E-state index contributed by atoms with van der Waals surface area (Å²) in [7, 11) is 0. The van der Waals surface area contributed by atoms with E-state index in [1.165, 1.54) is 6.26 Å². The van der Waals surface area contributed by atoms with Crippen LogP contribution in [0.25, 0.3) is 0 Å². The largest absolute Gasteiger partial charge is 0.467 e. The molecule has 3 amide bonds. The lowest BCUT2D eigenvalue weighted by atomic mass is 10.2. The summed E-state index contributed by atoms with van der Waals surface area (Å²) in [6.45, 7) is 0.240. The molecule has 2 heterocycles. The number of nitrogens with zero attached hydrogens (tertiary/aromatic N) is 1. The Morgan fingerprint density at radius 1 is 0.968 bits per heavy atom. The van der Waals surface area contributed by atoms with E-state index in [9.17, 15) is 14.4 Å². The molecule has 1 aliphatic rings. The van der Waals surface area contributed by atoms with E-state index in [1.54, 1.807) is 60.7 Å². The molecule has 3 aromatic rings. The van der Waals surface area contributed by atoms with Gasteiger partial charge < -0.3 is 15.1 Å². The van der Waals surface area contributed by atoms with Gasteiger partial charge in [0.2, 0.25) is 0 Å². The maximum atomic E-state index is 12.8. The van der Waals surface area contributed by atoms with E-state index >= 15 is 0 Å². The van der Waals surface area contributed by atoms with Gasteiger partial charge in [-0.25, -0.2) is 4.90 Å². The zero-order chi connectivity index (χ0) is 22.0. The summed E-state index contributed by atoms with van der Waals surface area (Å²) in [4.78, 5) is 38.8. The Morgan fingerprint density at radius 3 is 2.45 bits per heavy atom. The Balaban J connectivity index is 1.50. The third-order valence-corrected chi connectivity index (χ3v) is 5.11. The van der Waals surface area contributed by atoms with E-state index < -0.39 is 11.8 Å². The van der Waals surface area contributed by atoms with Crippen LogP contribution in [0.4, 0.5) is 11.4 Å². The summed E-state index contributed by atoms with van der Waals surface area (Å²) in [6.07, 6.45) is 1.52. The molecule has 4 rings (SSSR count). The van der Waals surface area contributed by atoms with Crippen molar-refractivity contribution in [3.63, 3.8) is 0 Å². The molecule has 2 aromatic carbocycles. The highest BCUT2D eigenvalue weighted by atomic mass is 35.5. The molecule has 0 radical (unpaired) electrons. The number of halogens is 2. The molecular formula is C22H15Cl2N3O4. The van der Waals surface area contributed by atoms with Gasteiger partial charge >= 0.3 is 0 Å². The molecule has 31 heavy (non-hydrogen) atoms. The molecule has 0 unspecified atom stereocenters. The minimum absolute atomic E-state index is 0.0743. The Hall–Kier alpha value is -3.55. The molecule has 0 bridgehead atoms. The van der Waals surface area contributed by atoms with Gasteiger partial charge in [-0.15, -0.1) is 0 Å². The van der Waals surface area contributed by atoms with Crippen LogP contribution in [0.15, 0.2) is 82.1 Å². The average Bonchev–Trinajstić information content (AvgIpc) is 3.36. The maximum Gasteiger partial charge on any atom is 0.283 e. The number of hydrogen-bond acceptors (Lipinski definition) is 5. The van der Waals surface area contributed by atoms with Crippen molar-refractivity contribution in [2.45, 2.75) is 6.54 Å². The number of carbonyl (C=O) groups is 3. The zero-order valence-electron chi connectivity index (χ0n) is 15.9. The van der Waals surface area contributed by atoms with Crippen molar-refractivity contribution in [3.05, 3.63) is 94.0 Å². The van der Waals surface area contributed by atoms with Gasteiger partial charge in [-0.3, -0.25) is 14.4 Å². The predicted molar refractivity (Wildman–Crippen MR) is 117 cm³/mol. The Morgan fingerprint density at radius 2 is 1.74 bits per heavy atom. The molecule has 0 fully saturated rings. The quantitative estimate of drug-likeness (QED) is 0.540. The molecule has 1 aliphatic heterocycles. The van der Waals surface area contributed by atoms with Crippen LogP contribution in [-0.4, -0.2) is 17.7 Å². The second-order valence-corrected chi connectivity index (χ2v) is 7.39. The van der Waals surface area contributed by atoms with Crippen LogP contribution in [0.5, 0.6) is 0 Å². The van der Waals surface area contributed by atoms with Crippen molar-refractivity contribution in [1.29, 1.82) is 0 Å². The first-order chi connectivity index (χ1) is 14.9. The molecule has 7 nitrogen and oxygen atoms in total. The number of rotatable bonds is 6. The van der Waals surface area contributed by atoms with Crippen LogP contribution in [-0.2, 0) is 16.1 Å². The van der Waals surface area contributed by atoms with Gasteiger partial charge in [0.15, 0.2) is 0 Å². The lowest BCUT2D eigenvalue weighted by Gasteiger charge is -2.15. The predicted octanol–water partition coefficient (Wildman–Crippen LogP) is 4.30. The van der Waals surface area contributed by atoms with Gasteiger partial charge in [0.1, 0.15) is 16.5 Å². The van der Waals surface area contributed by atoms with Gasteiger partial charge in [-0.1, -0.05) is 29.3 Å². The van der Waals surface area contributed by atoms with E-state index in [0.717, 1.165) is 4.90 Å². The highest BCUT2D eigenvalue weighted by molar-refractivity contribution is 6.53. The molecule has 9 heteroatoms. The normalized spacial score (nSPS) is 13.7. The molecule has 156 valence electrons. The summed E-state index contributed by atoms with van der Waals surface area (Å²) in [5, 5.41) is 5.83. The highest BCUT2D eigenvalue weighted by Crippen LogP contribution is 2.30. The summed E-state index contributed by atoms with van der Waals surface area (Å²) in [5.41, 5.74) is 1.06. The lowest BCUT2D eigenvalue weighted by molar-refractivity contribution is -0.120. The molecule has 0 spiro atoms. The third kappa shape index (κ3) is 4.33. The fourth-order valence-electron chi connectivity index (χ4n) is 3.00. The fourth-order valence-corrected chi connectivity index (χ4v) is 3.34. The molecule has 2 N–H and O–H groups in total. The van der Waals surface area contributed by atoms with Crippen LogP contribution in [0.1, 0.15) is 16.1 Å². The zero-order valence-corrected chi connectivity index (χ0v) is 17.4. The van der Waals surface area contributed by atoms with E-state index in [0.29, 0.717) is 27.7 Å². The van der Waals surface area contributed by atoms with Gasteiger partial charge in [-0.05, 0) is 54.6 Å². The molecule has 1 aromatic heterocycles. The molecule has 0 atom stereocenters. The standard InChI is InChI=1S/C22H15Cl2N3O4/c23-14-6-8-16(9-7-14)27-21(29)18(24)19(22(27)30)26-15-4-1-3-13(11-15)20(28)25-12-17-5-2-10-31-17/h1-11,26H,12H2,(H,25,28). The Labute approximate surface area is 187 Å². The average molecular weight is 456 g/mol. The Kier molecular flexibility index (Phi) is 5.79. The highest BCUT2D eigenvalue weighted by Gasteiger charge is 2.38. The van der Waals surface area contributed by atoms with Gasteiger partial charge in [0.05, 0.1) is 18.5 Å². The number of imide groups is 1. The minimum Gasteiger partial charge on any atom is -0.467 e. The Bertz CT molecular complexity index is 1190. The summed E-state index contributed by atoms with van der Waals surface area (Å²) < 4.78 is 5.19. The van der Waals surface area contributed by atoms with E-state index in [2.05, 4.69) is 10.6 Å². The summed E-state index contributed by atoms with van der Waals surface area (Å²) in [5.74, 6) is -0.956. The number of carbonyl (C=O) groups excluding carboxylic acids is 3. The number of nitrogens with one attached hydrogen (secondary N) is 2. The van der Waals surface area contributed by atoms with Crippen molar-refractivity contribution in [2.75, 3.05) is 10.2 Å². The smallest absolute Gasteiger partial charge is 0.283 e. The first kappa shape index (κ1) is 20.7. The molecule has 0 saturated heterocycles. The summed E-state index contributed by atoms with van der Waals surface area (Å²) >= 11 is 12.0. The van der Waals surface area contributed by atoms with Crippen molar-refractivity contribution in [3.8, 4) is 0 Å². The van der Waals surface area contributed by atoms with E-state index in [1.807, 2.05) is 0 Å². The second-order valence-electron chi connectivity index (χ2n) is 6.58. The van der Waals surface area contributed by atoms with Crippen LogP contribution < -0.4 is 15.5 Å². The van der Waals surface area contributed by atoms with Gasteiger partial charge in [-0.2, -0.15) is 0 Å². The number of hydrogen-bond donors (Lipinski definition) is 2.